The second kappa shape index (κ2) is 6.71. The number of rotatable bonds is 5. The van der Waals surface area contributed by atoms with Crippen LogP contribution in [0.25, 0.3) is 16.6 Å². The van der Waals surface area contributed by atoms with Gasteiger partial charge in [0, 0.05) is 25.6 Å². The molecule has 8 heteroatoms. The first-order chi connectivity index (χ1) is 13.0. The third-order valence-corrected chi connectivity index (χ3v) is 4.42. The third kappa shape index (κ3) is 3.10. The zero-order valence-corrected chi connectivity index (χ0v) is 14.1. The van der Waals surface area contributed by atoms with Gasteiger partial charge in [-0.15, -0.1) is 0 Å². The summed E-state index contributed by atoms with van der Waals surface area (Å²) in [4.78, 5) is 28.7. The topological polar surface area (TPSA) is 69.3 Å². The van der Waals surface area contributed by atoms with E-state index in [1.54, 1.807) is 6.07 Å². The van der Waals surface area contributed by atoms with Crippen molar-refractivity contribution in [3.63, 3.8) is 0 Å². The van der Waals surface area contributed by atoms with Crippen LogP contribution in [0.4, 0.5) is 8.78 Å². The number of pyridine rings is 1. The van der Waals surface area contributed by atoms with Crippen molar-refractivity contribution >= 4 is 22.3 Å². The maximum Gasteiger partial charge on any atom is 0.277 e. The summed E-state index contributed by atoms with van der Waals surface area (Å²) in [5.74, 6) is -1.27. The summed E-state index contributed by atoms with van der Waals surface area (Å²) >= 11 is 0. The number of hydrogen-bond donors (Lipinski definition) is 0. The molecule has 0 fully saturated rings. The van der Waals surface area contributed by atoms with Crippen LogP contribution < -0.4 is 5.56 Å². The lowest BCUT2D eigenvalue weighted by molar-refractivity contribution is -0.118. The second-order valence-corrected chi connectivity index (χ2v) is 6.15. The number of Topliss-reactive ketones (excluding diaryl/α,β-unsaturated/α-hetero) is 1. The standard InChI is InChI=1S/C19H14F2N4O2/c20-13-1-2-16-18(10-13)24(19(27)17-4-7-23-25(16)17)8-5-14(26)9-12-3-6-22-11-15(12)21/h1-4,6-7,10-11H,5,8-9H2. The van der Waals surface area contributed by atoms with Gasteiger partial charge in [-0.2, -0.15) is 5.10 Å². The summed E-state index contributed by atoms with van der Waals surface area (Å²) in [6, 6.07) is 7.08. The van der Waals surface area contributed by atoms with E-state index in [-0.39, 0.29) is 36.3 Å². The van der Waals surface area contributed by atoms with Gasteiger partial charge >= 0.3 is 0 Å². The van der Waals surface area contributed by atoms with Gasteiger partial charge in [-0.25, -0.2) is 13.3 Å². The Labute approximate surface area is 151 Å². The molecule has 0 bridgehead atoms. The predicted molar refractivity (Wildman–Crippen MR) is 94.4 cm³/mol. The van der Waals surface area contributed by atoms with Crippen molar-refractivity contribution in [1.82, 2.24) is 19.2 Å². The highest BCUT2D eigenvalue weighted by Gasteiger charge is 2.14. The Bertz CT molecular complexity index is 1230. The fourth-order valence-corrected chi connectivity index (χ4v) is 3.10. The molecule has 1 aromatic carbocycles. The Balaban J connectivity index is 1.67. The highest BCUT2D eigenvalue weighted by molar-refractivity contribution is 5.82. The molecule has 0 saturated heterocycles. The molecule has 0 saturated carbocycles. The lowest BCUT2D eigenvalue weighted by Crippen LogP contribution is -2.24. The molecule has 4 rings (SSSR count). The number of carbonyl (C=O) groups is 1. The van der Waals surface area contributed by atoms with Crippen LogP contribution in [0.1, 0.15) is 12.0 Å². The molecule has 0 atom stereocenters. The maximum atomic E-state index is 13.7. The summed E-state index contributed by atoms with van der Waals surface area (Å²) < 4.78 is 30.2. The van der Waals surface area contributed by atoms with Gasteiger partial charge < -0.3 is 4.57 Å². The van der Waals surface area contributed by atoms with Crippen LogP contribution in [0.15, 0.2) is 53.7 Å². The van der Waals surface area contributed by atoms with Crippen LogP contribution in [-0.2, 0) is 17.8 Å². The molecule has 3 aromatic heterocycles. The molecule has 3 heterocycles. The molecule has 136 valence electrons. The summed E-state index contributed by atoms with van der Waals surface area (Å²) in [5, 5.41) is 4.11. The Morgan fingerprint density at radius 3 is 2.70 bits per heavy atom. The lowest BCUT2D eigenvalue weighted by Gasteiger charge is -2.12. The SMILES string of the molecule is O=C(CCn1c(=O)c2ccnn2c2ccc(F)cc21)Cc1ccncc1F. The molecule has 27 heavy (non-hydrogen) atoms. The number of halogens is 2. The van der Waals surface area contributed by atoms with Gasteiger partial charge in [0.15, 0.2) is 0 Å². The summed E-state index contributed by atoms with van der Waals surface area (Å²) in [6.07, 6.45) is 3.88. The largest absolute Gasteiger partial charge is 0.304 e. The lowest BCUT2D eigenvalue weighted by atomic mass is 10.1. The fourth-order valence-electron chi connectivity index (χ4n) is 3.10. The Hall–Kier alpha value is -3.42. The number of ketones is 1. The number of aryl methyl sites for hydroxylation is 1. The van der Waals surface area contributed by atoms with Crippen molar-refractivity contribution in [2.45, 2.75) is 19.4 Å². The van der Waals surface area contributed by atoms with Crippen LogP contribution in [0.3, 0.4) is 0 Å². The van der Waals surface area contributed by atoms with Gasteiger partial charge in [-0.1, -0.05) is 0 Å². The highest BCUT2D eigenvalue weighted by Crippen LogP contribution is 2.16. The second-order valence-electron chi connectivity index (χ2n) is 6.15. The van der Waals surface area contributed by atoms with Crippen LogP contribution in [0.2, 0.25) is 0 Å². The number of hydrogen-bond acceptors (Lipinski definition) is 4. The van der Waals surface area contributed by atoms with E-state index in [0.29, 0.717) is 16.6 Å². The summed E-state index contributed by atoms with van der Waals surface area (Å²) in [7, 11) is 0. The number of benzene rings is 1. The first-order valence-corrected chi connectivity index (χ1v) is 8.30. The van der Waals surface area contributed by atoms with Crippen molar-refractivity contribution < 1.29 is 13.6 Å². The molecule has 4 aromatic rings. The van der Waals surface area contributed by atoms with Gasteiger partial charge in [0.1, 0.15) is 22.9 Å². The van der Waals surface area contributed by atoms with E-state index in [0.717, 1.165) is 6.20 Å². The van der Waals surface area contributed by atoms with E-state index in [9.17, 15) is 18.4 Å². The zero-order valence-electron chi connectivity index (χ0n) is 14.1. The number of aromatic nitrogens is 4. The molecule has 0 spiro atoms. The number of fused-ring (bicyclic) bond motifs is 3. The van der Waals surface area contributed by atoms with E-state index in [1.165, 1.54) is 45.7 Å². The summed E-state index contributed by atoms with van der Waals surface area (Å²) in [5.41, 5.74) is 1.13. The average Bonchev–Trinajstić information content (AvgIpc) is 3.13. The quantitative estimate of drug-likeness (QED) is 0.543. The Morgan fingerprint density at radius 1 is 1.04 bits per heavy atom. The van der Waals surface area contributed by atoms with Gasteiger partial charge in [0.25, 0.3) is 5.56 Å². The first-order valence-electron chi connectivity index (χ1n) is 8.30. The zero-order chi connectivity index (χ0) is 19.0. The minimum absolute atomic E-state index is 0.0115. The maximum absolute atomic E-state index is 13.7. The van der Waals surface area contributed by atoms with Gasteiger partial charge in [0.2, 0.25) is 0 Å². The third-order valence-electron chi connectivity index (χ3n) is 4.42. The average molecular weight is 368 g/mol. The molecule has 0 amide bonds. The minimum atomic E-state index is -0.545. The van der Waals surface area contributed by atoms with Gasteiger partial charge in [0.05, 0.1) is 23.4 Å². The van der Waals surface area contributed by atoms with Crippen molar-refractivity contribution in [1.29, 1.82) is 0 Å². The van der Waals surface area contributed by atoms with Crippen LogP contribution in [0, 0.1) is 11.6 Å². The molecule has 0 unspecified atom stereocenters. The van der Waals surface area contributed by atoms with Crippen molar-refractivity contribution in [2.75, 3.05) is 0 Å². The molecular formula is C19H14F2N4O2. The monoisotopic (exact) mass is 368 g/mol. The molecule has 0 N–H and O–H groups in total. The fraction of sp³-hybridized carbons (Fsp3) is 0.158. The molecule has 0 aliphatic heterocycles. The number of carbonyl (C=O) groups excluding carboxylic acids is 1. The van der Waals surface area contributed by atoms with E-state index >= 15 is 0 Å². The van der Waals surface area contributed by atoms with Gasteiger partial charge in [-0.3, -0.25) is 14.6 Å². The minimum Gasteiger partial charge on any atom is -0.304 e. The van der Waals surface area contributed by atoms with E-state index in [1.807, 2.05) is 0 Å². The molecular weight excluding hydrogens is 354 g/mol. The predicted octanol–water partition coefficient (Wildman–Crippen LogP) is 2.52. The highest BCUT2D eigenvalue weighted by atomic mass is 19.1. The smallest absolute Gasteiger partial charge is 0.277 e. The molecule has 0 aliphatic carbocycles. The van der Waals surface area contributed by atoms with Crippen LogP contribution in [-0.4, -0.2) is 24.9 Å². The first kappa shape index (κ1) is 17.0. The van der Waals surface area contributed by atoms with Gasteiger partial charge in [-0.05, 0) is 35.9 Å². The van der Waals surface area contributed by atoms with Crippen molar-refractivity contribution in [3.05, 3.63) is 76.5 Å². The van der Waals surface area contributed by atoms with E-state index in [4.69, 9.17) is 0 Å². The van der Waals surface area contributed by atoms with E-state index in [2.05, 4.69) is 10.1 Å². The molecule has 0 aliphatic rings. The van der Waals surface area contributed by atoms with Crippen LogP contribution >= 0.6 is 0 Å². The summed E-state index contributed by atoms with van der Waals surface area (Å²) in [6.45, 7) is 0.0615. The van der Waals surface area contributed by atoms with E-state index < -0.39 is 11.6 Å². The molecule has 6 nitrogen and oxygen atoms in total. The Morgan fingerprint density at radius 2 is 1.89 bits per heavy atom. The van der Waals surface area contributed by atoms with Crippen molar-refractivity contribution in [3.8, 4) is 0 Å². The van der Waals surface area contributed by atoms with Crippen molar-refractivity contribution in [2.24, 2.45) is 0 Å². The molecule has 0 radical (unpaired) electrons. The number of nitrogens with zero attached hydrogens (tertiary/aromatic N) is 4. The Kier molecular flexibility index (Phi) is 4.23. The van der Waals surface area contributed by atoms with Crippen LogP contribution in [0.5, 0.6) is 0 Å². The normalized spacial score (nSPS) is 11.3.